The smallest absolute Gasteiger partial charge is 0.225 e. The van der Waals surface area contributed by atoms with E-state index >= 15 is 0 Å². The first kappa shape index (κ1) is 28.8. The molecule has 1 fully saturated rings. The number of aliphatic hydroxyl groups excluding tert-OH is 1. The fraction of sp³-hybridized carbons (Fsp3) is 0.472. The number of carbonyl (C=O) groups is 1. The molecule has 3 aromatic carbocycles. The number of hydrogen-bond donors (Lipinski definition) is 3. The van der Waals surface area contributed by atoms with Crippen LogP contribution in [0, 0.1) is 5.92 Å². The molecule has 4 atom stereocenters. The maximum Gasteiger partial charge on any atom is 0.225 e. The maximum atomic E-state index is 13.7. The van der Waals surface area contributed by atoms with Crippen LogP contribution >= 0.6 is 0 Å². The van der Waals surface area contributed by atoms with E-state index in [1.807, 2.05) is 37.4 Å². The number of benzene rings is 3. The first-order valence-electron chi connectivity index (χ1n) is 15.8. The number of aliphatic hydroxyl groups is 1. The van der Waals surface area contributed by atoms with Gasteiger partial charge in [0.25, 0.3) is 0 Å². The molecule has 42 heavy (non-hydrogen) atoms. The summed E-state index contributed by atoms with van der Waals surface area (Å²) in [7, 11) is 2.05. The zero-order valence-corrected chi connectivity index (χ0v) is 25.0. The molecule has 1 amide bonds. The summed E-state index contributed by atoms with van der Waals surface area (Å²) < 4.78 is 6.63. The van der Waals surface area contributed by atoms with E-state index in [1.54, 1.807) is 0 Å². The fourth-order valence-corrected chi connectivity index (χ4v) is 7.30. The largest absolute Gasteiger partial charge is 0.487 e. The number of rotatable bonds is 9. The predicted octanol–water partition coefficient (Wildman–Crippen LogP) is 5.37. The normalized spacial score (nSPS) is 22.1. The Balaban J connectivity index is 1.18. The second-order valence-corrected chi connectivity index (χ2v) is 12.7. The van der Waals surface area contributed by atoms with Crippen molar-refractivity contribution in [2.24, 2.45) is 5.92 Å². The van der Waals surface area contributed by atoms with Crippen LogP contribution in [0.4, 0.5) is 5.69 Å². The van der Waals surface area contributed by atoms with Gasteiger partial charge in [-0.15, -0.1) is 0 Å². The number of nitrogens with one attached hydrogen (secondary N) is 2. The van der Waals surface area contributed by atoms with Gasteiger partial charge in [0, 0.05) is 43.9 Å². The molecule has 1 saturated carbocycles. The van der Waals surface area contributed by atoms with Crippen molar-refractivity contribution in [1.82, 2.24) is 10.6 Å². The Kier molecular flexibility index (Phi) is 8.55. The van der Waals surface area contributed by atoms with Gasteiger partial charge in [0.15, 0.2) is 0 Å². The lowest BCUT2D eigenvalue weighted by molar-refractivity contribution is -0.126. The fourth-order valence-electron chi connectivity index (χ4n) is 7.30. The van der Waals surface area contributed by atoms with Crippen LogP contribution in [0.15, 0.2) is 72.8 Å². The summed E-state index contributed by atoms with van der Waals surface area (Å²) in [6, 6.07) is 24.7. The van der Waals surface area contributed by atoms with Crippen LogP contribution in [-0.4, -0.2) is 48.9 Å². The number of ether oxygens (including phenoxy) is 1. The third-order valence-electron chi connectivity index (χ3n) is 9.67. The Labute approximate surface area is 250 Å². The van der Waals surface area contributed by atoms with E-state index in [0.29, 0.717) is 25.9 Å². The molecule has 0 radical (unpaired) electrons. The van der Waals surface area contributed by atoms with E-state index in [2.05, 4.69) is 64.9 Å². The molecule has 2 heterocycles. The van der Waals surface area contributed by atoms with Gasteiger partial charge in [-0.05, 0) is 73.8 Å². The molecule has 1 unspecified atom stereocenters. The van der Waals surface area contributed by atoms with Crippen LogP contribution in [0.1, 0.15) is 67.3 Å². The van der Waals surface area contributed by atoms with E-state index < -0.39 is 12.1 Å². The summed E-state index contributed by atoms with van der Waals surface area (Å²) in [6.45, 7) is 3.23. The van der Waals surface area contributed by atoms with E-state index in [0.717, 1.165) is 37.0 Å². The lowest BCUT2D eigenvalue weighted by Crippen LogP contribution is -2.53. The molecule has 0 saturated heterocycles. The minimum absolute atomic E-state index is 0.00485. The first-order valence-corrected chi connectivity index (χ1v) is 15.8. The van der Waals surface area contributed by atoms with Crippen molar-refractivity contribution in [3.63, 3.8) is 0 Å². The highest BCUT2D eigenvalue weighted by molar-refractivity contribution is 5.81. The Morgan fingerprint density at radius 1 is 1.05 bits per heavy atom. The third kappa shape index (κ3) is 6.20. The Bertz CT molecular complexity index is 1370. The van der Waals surface area contributed by atoms with Crippen molar-refractivity contribution < 1.29 is 14.6 Å². The molecule has 3 aliphatic rings. The maximum absolute atomic E-state index is 13.7. The topological polar surface area (TPSA) is 73.8 Å². The van der Waals surface area contributed by atoms with Crippen molar-refractivity contribution in [2.75, 3.05) is 25.0 Å². The number of para-hydroxylation sites is 1. The van der Waals surface area contributed by atoms with E-state index in [4.69, 9.17) is 4.74 Å². The second-order valence-electron chi connectivity index (χ2n) is 12.7. The van der Waals surface area contributed by atoms with Gasteiger partial charge in [0.05, 0.1) is 18.1 Å². The summed E-state index contributed by atoms with van der Waals surface area (Å²) >= 11 is 0. The van der Waals surface area contributed by atoms with Crippen molar-refractivity contribution in [2.45, 2.75) is 82.1 Å². The molecular weight excluding hydrogens is 522 g/mol. The van der Waals surface area contributed by atoms with Crippen LogP contribution in [-0.2, 0) is 24.1 Å². The summed E-state index contributed by atoms with van der Waals surface area (Å²) in [5.74, 6) is 0.814. The van der Waals surface area contributed by atoms with Crippen molar-refractivity contribution >= 4 is 11.6 Å². The van der Waals surface area contributed by atoms with Gasteiger partial charge in [-0.1, -0.05) is 67.6 Å². The standard InChI is InChI=1S/C36H45N3O3/c1-3-25-15-16-34-29(19-25)31(22-36(42-34)17-9-10-18-36)37-23-33(40)30(20-26-11-5-4-6-12-26)38-35(41)28-21-27-13-7-8-14-32(27)39(2)24-28/h4-8,11-16,19,28,30-31,33,37,40H,3,9-10,17-18,20-24H2,1-2H3,(H,38,41)/t28?,30-,31-,33+/m0/s1. The quantitative estimate of drug-likeness (QED) is 0.324. The van der Waals surface area contributed by atoms with Crippen molar-refractivity contribution in [3.05, 3.63) is 95.1 Å². The van der Waals surface area contributed by atoms with Crippen LogP contribution in [0.2, 0.25) is 0 Å². The number of amides is 1. The molecule has 3 N–H and O–H groups in total. The van der Waals surface area contributed by atoms with Gasteiger partial charge < -0.3 is 25.4 Å². The number of fused-ring (bicyclic) bond motifs is 2. The zero-order valence-electron chi connectivity index (χ0n) is 25.0. The molecule has 6 rings (SSSR count). The third-order valence-corrected chi connectivity index (χ3v) is 9.67. The lowest BCUT2D eigenvalue weighted by Gasteiger charge is -2.41. The van der Waals surface area contributed by atoms with Gasteiger partial charge in [0.2, 0.25) is 5.91 Å². The Hall–Kier alpha value is -3.35. The SMILES string of the molecule is CCc1ccc2c(c1)[C@@H](NC[C@@H](O)[C@H](Cc1ccccc1)NC(=O)C1Cc3ccccc3N(C)C1)CC1(CCCC1)O2. The highest BCUT2D eigenvalue weighted by Crippen LogP contribution is 2.47. The average molecular weight is 568 g/mol. The molecule has 6 heteroatoms. The summed E-state index contributed by atoms with van der Waals surface area (Å²) in [5.41, 5.74) is 5.84. The number of nitrogens with zero attached hydrogens (tertiary/aromatic N) is 1. The van der Waals surface area contributed by atoms with Gasteiger partial charge in [0.1, 0.15) is 11.4 Å². The molecule has 0 aromatic heterocycles. The van der Waals surface area contributed by atoms with Crippen LogP contribution in [0.25, 0.3) is 0 Å². The van der Waals surface area contributed by atoms with Gasteiger partial charge in [-0.3, -0.25) is 4.79 Å². The highest BCUT2D eigenvalue weighted by atomic mass is 16.5. The minimum atomic E-state index is -0.747. The summed E-state index contributed by atoms with van der Waals surface area (Å²) in [5, 5.41) is 18.7. The monoisotopic (exact) mass is 567 g/mol. The van der Waals surface area contributed by atoms with Crippen LogP contribution in [0.5, 0.6) is 5.75 Å². The first-order chi connectivity index (χ1) is 20.4. The number of hydrogen-bond acceptors (Lipinski definition) is 5. The second kappa shape index (κ2) is 12.5. The number of aryl methyl sites for hydroxylation is 1. The zero-order chi connectivity index (χ0) is 29.1. The molecule has 3 aromatic rings. The highest BCUT2D eigenvalue weighted by Gasteiger charge is 2.43. The Morgan fingerprint density at radius 2 is 1.81 bits per heavy atom. The van der Waals surface area contributed by atoms with E-state index in [-0.39, 0.29) is 23.5 Å². The minimum Gasteiger partial charge on any atom is -0.487 e. The average Bonchev–Trinajstić information content (AvgIpc) is 3.46. The summed E-state index contributed by atoms with van der Waals surface area (Å²) in [4.78, 5) is 15.8. The molecule has 0 bridgehead atoms. The van der Waals surface area contributed by atoms with Gasteiger partial charge in [-0.2, -0.15) is 0 Å². The van der Waals surface area contributed by atoms with Crippen molar-refractivity contribution in [1.29, 1.82) is 0 Å². The van der Waals surface area contributed by atoms with E-state index in [9.17, 15) is 9.90 Å². The van der Waals surface area contributed by atoms with Crippen LogP contribution < -0.4 is 20.3 Å². The summed E-state index contributed by atoms with van der Waals surface area (Å²) in [6.07, 6.45) is 6.96. The molecule has 6 nitrogen and oxygen atoms in total. The molecule has 2 aliphatic heterocycles. The van der Waals surface area contributed by atoms with Gasteiger partial charge in [-0.25, -0.2) is 0 Å². The molecule has 1 aliphatic carbocycles. The van der Waals surface area contributed by atoms with E-state index in [1.165, 1.54) is 35.2 Å². The number of anilines is 1. The van der Waals surface area contributed by atoms with Gasteiger partial charge >= 0.3 is 0 Å². The predicted molar refractivity (Wildman–Crippen MR) is 168 cm³/mol. The Morgan fingerprint density at radius 3 is 2.60 bits per heavy atom. The molecule has 1 spiro atoms. The van der Waals surface area contributed by atoms with Crippen LogP contribution in [0.3, 0.4) is 0 Å². The number of carbonyl (C=O) groups excluding carboxylic acids is 1. The lowest BCUT2D eigenvalue weighted by atomic mass is 9.85. The van der Waals surface area contributed by atoms with Crippen molar-refractivity contribution in [3.8, 4) is 5.75 Å². The molecule has 222 valence electrons. The molecular formula is C36H45N3O3.